The Balaban J connectivity index is 2.30. The van der Waals surface area contributed by atoms with Gasteiger partial charge >= 0.3 is 0 Å². The summed E-state index contributed by atoms with van der Waals surface area (Å²) < 4.78 is 27.0. The van der Waals surface area contributed by atoms with Gasteiger partial charge in [-0.15, -0.1) is 0 Å². The molecular weight excluding hydrogens is 381 g/mol. The van der Waals surface area contributed by atoms with E-state index in [2.05, 4.69) is 5.32 Å². The van der Waals surface area contributed by atoms with Crippen LogP contribution in [0.3, 0.4) is 0 Å². The lowest BCUT2D eigenvalue weighted by atomic mass is 10.2. The van der Waals surface area contributed by atoms with Gasteiger partial charge in [-0.2, -0.15) is 0 Å². The van der Waals surface area contributed by atoms with Crippen molar-refractivity contribution >= 4 is 39.9 Å². The minimum absolute atomic E-state index is 0.0641. The first-order valence-corrected chi connectivity index (χ1v) is 6.50. The van der Waals surface area contributed by atoms with Gasteiger partial charge in [0.25, 0.3) is 5.91 Å². The molecule has 4 nitrogen and oxygen atoms in total. The lowest BCUT2D eigenvalue weighted by molar-refractivity contribution is 0.102. The predicted molar refractivity (Wildman–Crippen MR) is 79.5 cm³/mol. The third kappa shape index (κ3) is 2.98. The molecule has 0 fully saturated rings. The molecule has 0 saturated heterocycles. The van der Waals surface area contributed by atoms with Crippen molar-refractivity contribution < 1.29 is 18.7 Å². The van der Waals surface area contributed by atoms with Crippen LogP contribution >= 0.6 is 22.6 Å². The minimum atomic E-state index is -0.967. The minimum Gasteiger partial charge on any atom is -0.507 e. The molecule has 0 radical (unpaired) electrons. The Morgan fingerprint density at radius 1 is 1.25 bits per heavy atom. The first-order valence-electron chi connectivity index (χ1n) is 5.43. The highest BCUT2D eigenvalue weighted by molar-refractivity contribution is 14.1. The molecule has 0 aromatic heterocycles. The molecule has 104 valence electrons. The maximum Gasteiger partial charge on any atom is 0.255 e. The van der Waals surface area contributed by atoms with Crippen molar-refractivity contribution in [1.29, 1.82) is 0 Å². The average Bonchev–Trinajstić information content (AvgIpc) is 2.36. The molecular formula is C13H9F2IN2O2. The van der Waals surface area contributed by atoms with E-state index in [0.29, 0.717) is 9.64 Å². The summed E-state index contributed by atoms with van der Waals surface area (Å²) in [5, 5.41) is 11.8. The van der Waals surface area contributed by atoms with Crippen LogP contribution in [-0.4, -0.2) is 11.0 Å². The molecule has 2 aromatic rings. The SMILES string of the molecule is Nc1cc(F)cc(F)c1NC(=O)c1ccc(I)c(O)c1. The zero-order valence-corrected chi connectivity index (χ0v) is 12.1. The van der Waals surface area contributed by atoms with E-state index in [-0.39, 0.29) is 22.7 Å². The Morgan fingerprint density at radius 3 is 2.55 bits per heavy atom. The second-order valence-corrected chi connectivity index (χ2v) is 5.13. The molecule has 0 aliphatic rings. The van der Waals surface area contributed by atoms with Crippen molar-refractivity contribution in [2.24, 2.45) is 0 Å². The summed E-state index contributed by atoms with van der Waals surface area (Å²) in [6.07, 6.45) is 0. The lowest BCUT2D eigenvalue weighted by Gasteiger charge is -2.10. The quantitative estimate of drug-likeness (QED) is 0.545. The summed E-state index contributed by atoms with van der Waals surface area (Å²) in [7, 11) is 0. The first-order chi connectivity index (χ1) is 9.38. The van der Waals surface area contributed by atoms with Crippen LogP contribution in [0.1, 0.15) is 10.4 Å². The topological polar surface area (TPSA) is 75.3 Å². The number of phenols is 1. The number of anilines is 2. The van der Waals surface area contributed by atoms with E-state index < -0.39 is 17.5 Å². The number of halogens is 3. The lowest BCUT2D eigenvalue weighted by Crippen LogP contribution is -2.14. The van der Waals surface area contributed by atoms with Crippen molar-refractivity contribution in [2.75, 3.05) is 11.1 Å². The Morgan fingerprint density at radius 2 is 1.95 bits per heavy atom. The van der Waals surface area contributed by atoms with Gasteiger partial charge in [0, 0.05) is 11.6 Å². The number of carbonyl (C=O) groups is 1. The number of benzene rings is 2. The molecule has 4 N–H and O–H groups in total. The maximum absolute atomic E-state index is 13.5. The van der Waals surface area contributed by atoms with Gasteiger partial charge in [-0.05, 0) is 46.9 Å². The molecule has 0 atom stereocenters. The molecule has 0 aliphatic heterocycles. The van der Waals surface area contributed by atoms with Crippen molar-refractivity contribution in [3.05, 3.63) is 51.1 Å². The van der Waals surface area contributed by atoms with Crippen molar-refractivity contribution in [3.63, 3.8) is 0 Å². The van der Waals surface area contributed by atoms with Gasteiger partial charge in [-0.3, -0.25) is 4.79 Å². The number of nitrogens with one attached hydrogen (secondary N) is 1. The zero-order valence-electron chi connectivity index (χ0n) is 9.95. The van der Waals surface area contributed by atoms with Gasteiger partial charge in [0.1, 0.15) is 17.3 Å². The van der Waals surface area contributed by atoms with Crippen LogP contribution in [-0.2, 0) is 0 Å². The molecule has 2 aromatic carbocycles. The number of rotatable bonds is 2. The maximum atomic E-state index is 13.5. The summed E-state index contributed by atoms with van der Waals surface area (Å²) in [5.74, 6) is -2.52. The Labute approximate surface area is 126 Å². The van der Waals surface area contributed by atoms with Crippen LogP contribution < -0.4 is 11.1 Å². The number of carbonyl (C=O) groups excluding carboxylic acids is 1. The molecule has 0 saturated carbocycles. The standard InChI is InChI=1S/C13H9F2IN2O2/c14-7-4-8(15)12(10(17)5-7)18-13(20)6-1-2-9(16)11(19)3-6/h1-5,19H,17H2,(H,18,20). The fraction of sp³-hybridized carbons (Fsp3) is 0. The monoisotopic (exact) mass is 390 g/mol. The molecule has 7 heteroatoms. The van der Waals surface area contributed by atoms with E-state index in [0.717, 1.165) is 6.07 Å². The smallest absolute Gasteiger partial charge is 0.255 e. The van der Waals surface area contributed by atoms with E-state index in [1.807, 2.05) is 22.6 Å². The number of hydrogen-bond acceptors (Lipinski definition) is 3. The highest BCUT2D eigenvalue weighted by Crippen LogP contribution is 2.25. The molecule has 0 bridgehead atoms. The predicted octanol–water partition coefficient (Wildman–Crippen LogP) is 3.11. The van der Waals surface area contributed by atoms with Crippen molar-refractivity contribution in [1.82, 2.24) is 0 Å². The molecule has 0 spiro atoms. The molecule has 0 unspecified atom stereocenters. The zero-order chi connectivity index (χ0) is 14.9. The van der Waals surface area contributed by atoms with Crippen LogP contribution in [0.15, 0.2) is 30.3 Å². The molecule has 20 heavy (non-hydrogen) atoms. The second-order valence-electron chi connectivity index (χ2n) is 3.97. The van der Waals surface area contributed by atoms with Crippen LogP contribution in [0.2, 0.25) is 0 Å². The van der Waals surface area contributed by atoms with Gasteiger partial charge < -0.3 is 16.2 Å². The Bertz CT molecular complexity index is 669. The molecule has 2 rings (SSSR count). The number of hydrogen-bond donors (Lipinski definition) is 3. The van der Waals surface area contributed by atoms with Gasteiger partial charge in [-0.1, -0.05) is 0 Å². The normalized spacial score (nSPS) is 10.3. The Hall–Kier alpha value is -1.90. The van der Waals surface area contributed by atoms with Crippen LogP contribution in [0.4, 0.5) is 20.2 Å². The van der Waals surface area contributed by atoms with Gasteiger partial charge in [0.05, 0.1) is 9.26 Å². The summed E-state index contributed by atoms with van der Waals surface area (Å²) in [5.41, 5.74) is 5.07. The van der Waals surface area contributed by atoms with Gasteiger partial charge in [-0.25, -0.2) is 8.78 Å². The third-order valence-electron chi connectivity index (χ3n) is 2.53. The summed E-state index contributed by atoms with van der Waals surface area (Å²) >= 11 is 1.90. The molecule has 1 amide bonds. The summed E-state index contributed by atoms with van der Waals surface area (Å²) in [6, 6.07) is 5.78. The van der Waals surface area contributed by atoms with E-state index in [1.165, 1.54) is 18.2 Å². The average molecular weight is 390 g/mol. The van der Waals surface area contributed by atoms with E-state index in [4.69, 9.17) is 5.73 Å². The number of phenolic OH excluding ortho intramolecular Hbond substituents is 1. The number of nitrogens with two attached hydrogens (primary N) is 1. The fourth-order valence-corrected chi connectivity index (χ4v) is 1.90. The van der Waals surface area contributed by atoms with Crippen LogP contribution in [0.5, 0.6) is 5.75 Å². The Kier molecular flexibility index (Phi) is 4.07. The first kappa shape index (κ1) is 14.5. The third-order valence-corrected chi connectivity index (χ3v) is 3.44. The molecule has 0 heterocycles. The van der Waals surface area contributed by atoms with E-state index in [1.54, 1.807) is 0 Å². The number of aromatic hydroxyl groups is 1. The second kappa shape index (κ2) is 5.61. The van der Waals surface area contributed by atoms with Gasteiger partial charge in [0.15, 0.2) is 5.82 Å². The summed E-state index contributed by atoms with van der Waals surface area (Å²) in [6.45, 7) is 0. The van der Waals surface area contributed by atoms with Crippen molar-refractivity contribution in [3.8, 4) is 5.75 Å². The van der Waals surface area contributed by atoms with Gasteiger partial charge in [0.2, 0.25) is 0 Å². The number of nitrogen functional groups attached to an aromatic ring is 1. The van der Waals surface area contributed by atoms with Crippen molar-refractivity contribution in [2.45, 2.75) is 0 Å². The van der Waals surface area contributed by atoms with Crippen LogP contribution in [0, 0.1) is 15.2 Å². The van der Waals surface area contributed by atoms with E-state index in [9.17, 15) is 18.7 Å². The number of amides is 1. The largest absolute Gasteiger partial charge is 0.507 e. The summed E-state index contributed by atoms with van der Waals surface area (Å²) in [4.78, 5) is 11.9. The highest BCUT2D eigenvalue weighted by atomic mass is 127. The fourth-order valence-electron chi connectivity index (χ4n) is 1.56. The van der Waals surface area contributed by atoms with E-state index >= 15 is 0 Å². The highest BCUT2D eigenvalue weighted by Gasteiger charge is 2.14. The molecule has 0 aliphatic carbocycles. The van der Waals surface area contributed by atoms with Crippen LogP contribution in [0.25, 0.3) is 0 Å².